The van der Waals surface area contributed by atoms with Gasteiger partial charge in [-0.15, -0.1) is 0 Å². The average molecular weight is 344 g/mol. The minimum atomic E-state index is -0.0537. The summed E-state index contributed by atoms with van der Waals surface area (Å²) in [5, 5.41) is 2.99. The van der Waals surface area contributed by atoms with Crippen molar-refractivity contribution in [3.8, 4) is 11.1 Å². The molecule has 0 saturated heterocycles. The molecule has 0 heterocycles. The summed E-state index contributed by atoms with van der Waals surface area (Å²) in [6, 6.07) is 26.2. The van der Waals surface area contributed by atoms with Crippen molar-refractivity contribution in [1.82, 2.24) is 10.2 Å². The molecule has 26 heavy (non-hydrogen) atoms. The summed E-state index contributed by atoms with van der Waals surface area (Å²) in [6.45, 7) is 1.45. The van der Waals surface area contributed by atoms with Crippen LogP contribution in [0.15, 0.2) is 78.9 Å². The van der Waals surface area contributed by atoms with Gasteiger partial charge in [0, 0.05) is 18.7 Å². The van der Waals surface area contributed by atoms with E-state index in [1.165, 1.54) is 5.56 Å². The summed E-state index contributed by atoms with van der Waals surface area (Å²) < 4.78 is 0. The third-order valence-electron chi connectivity index (χ3n) is 4.23. The lowest BCUT2D eigenvalue weighted by atomic mass is 10.0. The zero-order valence-corrected chi connectivity index (χ0v) is 15.3. The number of carbonyl (C=O) groups excluding carboxylic acids is 1. The first-order chi connectivity index (χ1) is 12.6. The first-order valence-electron chi connectivity index (χ1n) is 8.78. The first kappa shape index (κ1) is 17.9. The minimum Gasteiger partial charge on any atom is -0.348 e. The predicted molar refractivity (Wildman–Crippen MR) is 107 cm³/mol. The largest absolute Gasteiger partial charge is 0.348 e. The first-order valence-corrected chi connectivity index (χ1v) is 8.78. The third kappa shape index (κ3) is 4.80. The topological polar surface area (TPSA) is 32.3 Å². The summed E-state index contributed by atoms with van der Waals surface area (Å²) in [7, 11) is 4.11. The number of hydrogen-bond acceptors (Lipinski definition) is 2. The second-order valence-corrected chi connectivity index (χ2v) is 6.68. The van der Waals surface area contributed by atoms with Crippen molar-refractivity contribution in [1.29, 1.82) is 0 Å². The molecule has 3 aromatic carbocycles. The Labute approximate surface area is 155 Å². The highest BCUT2D eigenvalue weighted by molar-refractivity contribution is 5.94. The monoisotopic (exact) mass is 344 g/mol. The highest BCUT2D eigenvalue weighted by atomic mass is 16.1. The van der Waals surface area contributed by atoms with Gasteiger partial charge in [-0.25, -0.2) is 0 Å². The van der Waals surface area contributed by atoms with Crippen LogP contribution in [0.4, 0.5) is 0 Å². The van der Waals surface area contributed by atoms with Crippen molar-refractivity contribution in [3.05, 3.63) is 95.6 Å². The van der Waals surface area contributed by atoms with E-state index < -0.39 is 0 Å². The number of nitrogens with zero attached hydrogens (tertiary/aromatic N) is 1. The van der Waals surface area contributed by atoms with E-state index in [1.807, 2.05) is 42.5 Å². The van der Waals surface area contributed by atoms with Crippen LogP contribution in [0.3, 0.4) is 0 Å². The lowest BCUT2D eigenvalue weighted by molar-refractivity contribution is 0.0951. The van der Waals surface area contributed by atoms with Gasteiger partial charge in [-0.3, -0.25) is 4.79 Å². The Hall–Kier alpha value is -2.91. The van der Waals surface area contributed by atoms with Crippen molar-refractivity contribution in [3.63, 3.8) is 0 Å². The van der Waals surface area contributed by atoms with Gasteiger partial charge in [-0.05, 0) is 48.5 Å². The number of amides is 1. The Morgan fingerprint density at radius 1 is 0.769 bits per heavy atom. The van der Waals surface area contributed by atoms with Crippen LogP contribution in [-0.2, 0) is 13.1 Å². The van der Waals surface area contributed by atoms with E-state index in [0.29, 0.717) is 12.1 Å². The molecule has 0 aliphatic heterocycles. The lowest BCUT2D eigenvalue weighted by Crippen LogP contribution is -2.22. The van der Waals surface area contributed by atoms with E-state index in [-0.39, 0.29) is 5.91 Å². The number of rotatable bonds is 6. The maximum Gasteiger partial charge on any atom is 0.251 e. The van der Waals surface area contributed by atoms with Crippen molar-refractivity contribution in [2.24, 2.45) is 0 Å². The predicted octanol–water partition coefficient (Wildman–Crippen LogP) is 4.35. The molecule has 0 unspecified atom stereocenters. The summed E-state index contributed by atoms with van der Waals surface area (Å²) in [5.74, 6) is -0.0537. The van der Waals surface area contributed by atoms with Crippen molar-refractivity contribution in [2.75, 3.05) is 14.1 Å². The highest BCUT2D eigenvalue weighted by Gasteiger charge is 2.06. The number of carbonyl (C=O) groups is 1. The number of nitrogens with one attached hydrogen (secondary N) is 1. The normalized spacial score (nSPS) is 10.7. The van der Waals surface area contributed by atoms with Crippen LogP contribution in [-0.4, -0.2) is 24.9 Å². The van der Waals surface area contributed by atoms with Crippen LogP contribution in [0.5, 0.6) is 0 Å². The molecule has 3 heteroatoms. The molecule has 3 rings (SSSR count). The third-order valence-corrected chi connectivity index (χ3v) is 4.23. The molecule has 132 valence electrons. The minimum absolute atomic E-state index is 0.0537. The van der Waals surface area contributed by atoms with Crippen LogP contribution in [0, 0.1) is 0 Å². The van der Waals surface area contributed by atoms with Gasteiger partial charge in [0.25, 0.3) is 5.91 Å². The maximum absolute atomic E-state index is 12.4. The molecular weight excluding hydrogens is 320 g/mol. The van der Waals surface area contributed by atoms with Crippen molar-refractivity contribution >= 4 is 5.91 Å². The fourth-order valence-electron chi connectivity index (χ4n) is 2.86. The molecule has 0 saturated carbocycles. The Morgan fingerprint density at radius 3 is 1.96 bits per heavy atom. The molecule has 3 nitrogen and oxygen atoms in total. The van der Waals surface area contributed by atoms with E-state index >= 15 is 0 Å². The van der Waals surface area contributed by atoms with Crippen LogP contribution >= 0.6 is 0 Å². The van der Waals surface area contributed by atoms with Gasteiger partial charge in [0.1, 0.15) is 0 Å². The Balaban J connectivity index is 1.58. The highest BCUT2D eigenvalue weighted by Crippen LogP contribution is 2.19. The zero-order chi connectivity index (χ0) is 18.4. The number of hydrogen-bond donors (Lipinski definition) is 1. The number of benzene rings is 3. The molecule has 0 spiro atoms. The summed E-state index contributed by atoms with van der Waals surface area (Å²) in [5.41, 5.74) is 5.30. The Kier molecular flexibility index (Phi) is 5.82. The molecule has 0 aliphatic rings. The second kappa shape index (κ2) is 8.45. The molecule has 0 fully saturated rings. The molecule has 0 aromatic heterocycles. The molecule has 1 N–H and O–H groups in total. The molecule has 3 aromatic rings. The van der Waals surface area contributed by atoms with Crippen molar-refractivity contribution in [2.45, 2.75) is 13.1 Å². The van der Waals surface area contributed by atoms with Gasteiger partial charge in [-0.1, -0.05) is 66.7 Å². The van der Waals surface area contributed by atoms with Crippen LogP contribution in [0.2, 0.25) is 0 Å². The van der Waals surface area contributed by atoms with Crippen molar-refractivity contribution < 1.29 is 4.79 Å². The average Bonchev–Trinajstić information content (AvgIpc) is 2.67. The summed E-state index contributed by atoms with van der Waals surface area (Å²) in [6.07, 6.45) is 0. The fourth-order valence-corrected chi connectivity index (χ4v) is 2.86. The molecule has 0 radical (unpaired) electrons. The van der Waals surface area contributed by atoms with Gasteiger partial charge < -0.3 is 10.2 Å². The molecular formula is C23H24N2O. The van der Waals surface area contributed by atoms with Gasteiger partial charge in [0.2, 0.25) is 0 Å². The lowest BCUT2D eigenvalue weighted by Gasteiger charge is -2.10. The van der Waals surface area contributed by atoms with Gasteiger partial charge in [0.05, 0.1) is 0 Å². The second-order valence-electron chi connectivity index (χ2n) is 6.68. The molecule has 1 amide bonds. The van der Waals surface area contributed by atoms with Gasteiger partial charge in [0.15, 0.2) is 0 Å². The Morgan fingerprint density at radius 2 is 1.35 bits per heavy atom. The smallest absolute Gasteiger partial charge is 0.251 e. The van der Waals surface area contributed by atoms with Crippen LogP contribution in [0.1, 0.15) is 21.5 Å². The van der Waals surface area contributed by atoms with Crippen LogP contribution in [0.25, 0.3) is 11.1 Å². The van der Waals surface area contributed by atoms with E-state index in [1.54, 1.807) is 0 Å². The molecule has 0 bridgehead atoms. The maximum atomic E-state index is 12.4. The van der Waals surface area contributed by atoms with Crippen LogP contribution < -0.4 is 5.32 Å². The van der Waals surface area contributed by atoms with Gasteiger partial charge in [-0.2, -0.15) is 0 Å². The van der Waals surface area contributed by atoms with Gasteiger partial charge >= 0.3 is 0 Å². The zero-order valence-electron chi connectivity index (χ0n) is 15.3. The standard InChI is InChI=1S/C23H24N2O/c1-25(2)17-19-10-8-18(9-11-19)16-24-23(26)22-14-12-21(13-15-22)20-6-4-3-5-7-20/h3-15H,16-17H2,1-2H3,(H,24,26). The van der Waals surface area contributed by atoms with E-state index in [9.17, 15) is 4.79 Å². The summed E-state index contributed by atoms with van der Waals surface area (Å²) >= 11 is 0. The van der Waals surface area contributed by atoms with E-state index in [2.05, 4.69) is 60.7 Å². The molecule has 0 aliphatic carbocycles. The summed E-state index contributed by atoms with van der Waals surface area (Å²) in [4.78, 5) is 14.5. The van der Waals surface area contributed by atoms with E-state index in [0.717, 1.165) is 23.2 Å². The van der Waals surface area contributed by atoms with E-state index in [4.69, 9.17) is 0 Å². The quantitative estimate of drug-likeness (QED) is 0.721. The SMILES string of the molecule is CN(C)Cc1ccc(CNC(=O)c2ccc(-c3ccccc3)cc2)cc1. The fraction of sp³-hybridized carbons (Fsp3) is 0.174. The molecule has 0 atom stereocenters. The Bertz CT molecular complexity index is 838.